The highest BCUT2D eigenvalue weighted by Crippen LogP contribution is 2.26. The van der Waals surface area contributed by atoms with Crippen molar-refractivity contribution in [1.29, 1.82) is 0 Å². The maximum atomic E-state index is 13.6. The largest absolute Gasteiger partial charge is 0.365 e. The lowest BCUT2D eigenvalue weighted by atomic mass is 10.1. The van der Waals surface area contributed by atoms with Crippen molar-refractivity contribution in [3.05, 3.63) is 64.4 Å². The number of nitrogens with zero attached hydrogens (tertiary/aromatic N) is 1. The Morgan fingerprint density at radius 3 is 2.90 bits per heavy atom. The molecule has 0 amide bonds. The van der Waals surface area contributed by atoms with Crippen molar-refractivity contribution < 1.29 is 4.39 Å². The molecular weight excluding hydrogens is 287 g/mol. The van der Waals surface area contributed by atoms with Crippen molar-refractivity contribution in [2.24, 2.45) is 0 Å². The first-order valence-electron chi connectivity index (χ1n) is 7.13. The van der Waals surface area contributed by atoms with Crippen LogP contribution in [0.25, 0.3) is 0 Å². The van der Waals surface area contributed by atoms with Gasteiger partial charge in [0.2, 0.25) is 0 Å². The van der Waals surface area contributed by atoms with Gasteiger partial charge in [-0.3, -0.25) is 0 Å². The third-order valence-corrected chi connectivity index (χ3v) is 4.13. The molecule has 4 heteroatoms. The van der Waals surface area contributed by atoms with Crippen molar-refractivity contribution in [3.63, 3.8) is 0 Å². The Kier molecular flexibility index (Phi) is 4.13. The number of hydrogen-bond donors (Lipinski definition) is 1. The zero-order valence-electron chi connectivity index (χ0n) is 11.9. The first kappa shape index (κ1) is 14.4. The molecule has 0 radical (unpaired) electrons. The summed E-state index contributed by atoms with van der Waals surface area (Å²) in [5, 5.41) is 3.67. The molecule has 0 aliphatic carbocycles. The van der Waals surface area contributed by atoms with E-state index >= 15 is 0 Å². The number of anilines is 1. The van der Waals surface area contributed by atoms with Gasteiger partial charge in [-0.25, -0.2) is 4.39 Å². The van der Waals surface area contributed by atoms with Gasteiger partial charge >= 0.3 is 0 Å². The van der Waals surface area contributed by atoms with E-state index in [4.69, 9.17) is 11.6 Å². The number of fused-ring (bicyclic) bond motifs is 1. The van der Waals surface area contributed by atoms with Crippen LogP contribution in [0.3, 0.4) is 0 Å². The average Bonchev–Trinajstić information content (AvgIpc) is 2.63. The van der Waals surface area contributed by atoms with Crippen molar-refractivity contribution in [3.8, 4) is 0 Å². The molecule has 0 saturated carbocycles. The van der Waals surface area contributed by atoms with E-state index in [-0.39, 0.29) is 10.8 Å². The van der Waals surface area contributed by atoms with E-state index in [1.165, 1.54) is 17.3 Å². The highest BCUT2D eigenvalue weighted by molar-refractivity contribution is 6.30. The second-order valence-corrected chi connectivity index (χ2v) is 5.95. The molecule has 0 spiro atoms. The van der Waals surface area contributed by atoms with Crippen molar-refractivity contribution in [2.45, 2.75) is 26.1 Å². The van der Waals surface area contributed by atoms with Gasteiger partial charge < -0.3 is 10.2 Å². The van der Waals surface area contributed by atoms with Crippen molar-refractivity contribution >= 4 is 17.3 Å². The van der Waals surface area contributed by atoms with Gasteiger partial charge in [0.05, 0.1) is 5.02 Å². The fraction of sp³-hybridized carbons (Fsp3) is 0.294. The van der Waals surface area contributed by atoms with Crippen LogP contribution in [0, 0.1) is 5.82 Å². The number of benzene rings is 2. The second-order valence-electron chi connectivity index (χ2n) is 5.54. The van der Waals surface area contributed by atoms with Gasteiger partial charge in [0.25, 0.3) is 0 Å². The standard InChI is InChI=1S/C17H18ClFN2/c1-12-10-21(11-13-6-7-15(18)16(19)8-13)17-5-3-2-4-14(17)9-20-12/h2-8,12,20H,9-11H2,1H3. The van der Waals surface area contributed by atoms with E-state index in [1.54, 1.807) is 6.07 Å². The molecule has 0 bridgehead atoms. The molecule has 3 rings (SSSR count). The summed E-state index contributed by atoms with van der Waals surface area (Å²) in [6, 6.07) is 13.8. The van der Waals surface area contributed by atoms with Crippen LogP contribution in [0.4, 0.5) is 10.1 Å². The molecule has 0 fully saturated rings. The van der Waals surface area contributed by atoms with Gasteiger partial charge in [0, 0.05) is 31.4 Å². The lowest BCUT2D eigenvalue weighted by Crippen LogP contribution is -2.35. The number of rotatable bonds is 2. The van der Waals surface area contributed by atoms with Gasteiger partial charge in [-0.05, 0) is 36.2 Å². The van der Waals surface area contributed by atoms with E-state index in [0.29, 0.717) is 12.6 Å². The number of nitrogens with one attached hydrogen (secondary N) is 1. The minimum atomic E-state index is -0.358. The molecule has 1 atom stereocenters. The highest BCUT2D eigenvalue weighted by atomic mass is 35.5. The SMILES string of the molecule is CC1CN(Cc2ccc(Cl)c(F)c2)c2ccccc2CN1. The van der Waals surface area contributed by atoms with Crippen LogP contribution in [0.5, 0.6) is 0 Å². The average molecular weight is 305 g/mol. The van der Waals surface area contributed by atoms with Crippen LogP contribution in [-0.4, -0.2) is 12.6 Å². The lowest BCUT2D eigenvalue weighted by Gasteiger charge is -2.26. The summed E-state index contributed by atoms with van der Waals surface area (Å²) >= 11 is 5.76. The minimum Gasteiger partial charge on any atom is -0.365 e. The third-order valence-electron chi connectivity index (χ3n) is 3.82. The number of para-hydroxylation sites is 1. The Morgan fingerprint density at radius 2 is 2.10 bits per heavy atom. The summed E-state index contributed by atoms with van der Waals surface area (Å²) in [4.78, 5) is 2.29. The van der Waals surface area contributed by atoms with Crippen LogP contribution in [0.15, 0.2) is 42.5 Å². The summed E-state index contributed by atoms with van der Waals surface area (Å²) in [6.45, 7) is 4.60. The molecule has 2 aromatic carbocycles. The Morgan fingerprint density at radius 1 is 1.29 bits per heavy atom. The smallest absolute Gasteiger partial charge is 0.142 e. The zero-order valence-corrected chi connectivity index (χ0v) is 12.7. The first-order chi connectivity index (χ1) is 10.1. The van der Waals surface area contributed by atoms with Crippen LogP contribution >= 0.6 is 11.6 Å². The third kappa shape index (κ3) is 3.20. The van der Waals surface area contributed by atoms with Gasteiger partial charge in [0.1, 0.15) is 5.82 Å². The summed E-state index contributed by atoms with van der Waals surface area (Å²) < 4.78 is 13.6. The zero-order chi connectivity index (χ0) is 14.8. The number of hydrogen-bond acceptors (Lipinski definition) is 2. The molecule has 21 heavy (non-hydrogen) atoms. The Labute approximate surface area is 129 Å². The van der Waals surface area contributed by atoms with Gasteiger partial charge in [0.15, 0.2) is 0 Å². The Hall–Kier alpha value is -1.58. The second kappa shape index (κ2) is 6.04. The molecule has 110 valence electrons. The summed E-state index contributed by atoms with van der Waals surface area (Å²) in [5.74, 6) is -0.358. The topological polar surface area (TPSA) is 15.3 Å². The van der Waals surface area contributed by atoms with Crippen LogP contribution in [-0.2, 0) is 13.1 Å². The quantitative estimate of drug-likeness (QED) is 0.903. The van der Waals surface area contributed by atoms with Gasteiger partial charge in [-0.15, -0.1) is 0 Å². The summed E-state index contributed by atoms with van der Waals surface area (Å²) in [5.41, 5.74) is 3.42. The van der Waals surface area contributed by atoms with E-state index in [1.807, 2.05) is 12.1 Å². The Bertz CT molecular complexity index is 644. The number of halogens is 2. The molecule has 1 unspecified atom stereocenters. The molecule has 1 aliphatic rings. The van der Waals surface area contributed by atoms with Gasteiger partial charge in [-0.2, -0.15) is 0 Å². The fourth-order valence-electron chi connectivity index (χ4n) is 2.75. The Balaban J connectivity index is 1.90. The van der Waals surface area contributed by atoms with E-state index in [0.717, 1.165) is 18.7 Å². The van der Waals surface area contributed by atoms with E-state index < -0.39 is 0 Å². The predicted molar refractivity (Wildman–Crippen MR) is 85.2 cm³/mol. The first-order valence-corrected chi connectivity index (χ1v) is 7.51. The van der Waals surface area contributed by atoms with Gasteiger partial charge in [-0.1, -0.05) is 35.9 Å². The molecule has 0 aromatic heterocycles. The molecule has 0 saturated heterocycles. The molecule has 2 nitrogen and oxygen atoms in total. The summed E-state index contributed by atoms with van der Waals surface area (Å²) in [6.07, 6.45) is 0. The van der Waals surface area contributed by atoms with E-state index in [9.17, 15) is 4.39 Å². The van der Waals surface area contributed by atoms with E-state index in [2.05, 4.69) is 35.3 Å². The normalized spacial score (nSPS) is 18.2. The molecular formula is C17H18ClFN2. The van der Waals surface area contributed by atoms with Crippen LogP contribution in [0.1, 0.15) is 18.1 Å². The van der Waals surface area contributed by atoms with Crippen LogP contribution < -0.4 is 10.2 Å². The molecule has 2 aromatic rings. The molecule has 1 heterocycles. The van der Waals surface area contributed by atoms with Crippen molar-refractivity contribution in [1.82, 2.24) is 5.32 Å². The molecule has 1 N–H and O–H groups in total. The predicted octanol–water partition coefficient (Wildman–Crippen LogP) is 3.98. The minimum absolute atomic E-state index is 0.171. The lowest BCUT2D eigenvalue weighted by molar-refractivity contribution is 0.552. The summed E-state index contributed by atoms with van der Waals surface area (Å²) in [7, 11) is 0. The highest BCUT2D eigenvalue weighted by Gasteiger charge is 2.19. The molecule has 1 aliphatic heterocycles. The maximum absolute atomic E-state index is 13.6. The van der Waals surface area contributed by atoms with Crippen molar-refractivity contribution in [2.75, 3.05) is 11.4 Å². The fourth-order valence-corrected chi connectivity index (χ4v) is 2.87. The van der Waals surface area contributed by atoms with Crippen LogP contribution in [0.2, 0.25) is 5.02 Å². The maximum Gasteiger partial charge on any atom is 0.142 e. The monoisotopic (exact) mass is 304 g/mol.